The van der Waals surface area contributed by atoms with E-state index in [4.69, 9.17) is 14.2 Å². The number of hydrogen-bond acceptors (Lipinski definition) is 7. The first-order valence-corrected chi connectivity index (χ1v) is 16.8. The van der Waals surface area contributed by atoms with E-state index in [2.05, 4.69) is 17.6 Å². The summed E-state index contributed by atoms with van der Waals surface area (Å²) in [6.07, 6.45) is -1.31. The second-order valence-corrected chi connectivity index (χ2v) is 12.6. The van der Waals surface area contributed by atoms with E-state index in [9.17, 15) is 19.8 Å². The van der Waals surface area contributed by atoms with Crippen LogP contribution in [0.2, 0.25) is 0 Å². The average molecular weight is 677 g/mol. The Hall–Kier alpha value is -5.13. The van der Waals surface area contributed by atoms with E-state index in [0.717, 1.165) is 22.4 Å². The molecule has 250 valence electrons. The third-order valence-electron chi connectivity index (χ3n) is 8.18. The van der Waals surface area contributed by atoms with Gasteiger partial charge in [-0.15, -0.1) is 11.8 Å². The van der Waals surface area contributed by atoms with E-state index in [1.807, 2.05) is 72.8 Å². The topological polar surface area (TPSA) is 126 Å². The Morgan fingerprint density at radius 3 is 1.98 bits per heavy atom. The second kappa shape index (κ2) is 15.8. The highest BCUT2D eigenvalue weighted by molar-refractivity contribution is 7.99. The molecule has 0 aliphatic carbocycles. The van der Waals surface area contributed by atoms with E-state index in [1.54, 1.807) is 54.6 Å². The van der Waals surface area contributed by atoms with Crippen LogP contribution in [-0.4, -0.2) is 34.1 Å². The zero-order chi connectivity index (χ0) is 34.2. The number of aliphatic hydroxyl groups excluding tert-OH is 1. The van der Waals surface area contributed by atoms with Crippen LogP contribution in [0.5, 0.6) is 11.5 Å². The molecule has 0 radical (unpaired) electrons. The molecule has 5 aromatic rings. The van der Waals surface area contributed by atoms with Crippen molar-refractivity contribution < 1.29 is 34.0 Å². The summed E-state index contributed by atoms with van der Waals surface area (Å²) < 4.78 is 18.9. The van der Waals surface area contributed by atoms with E-state index in [-0.39, 0.29) is 30.3 Å². The van der Waals surface area contributed by atoms with Gasteiger partial charge in [-0.3, -0.25) is 0 Å². The molecule has 1 aliphatic heterocycles. The van der Waals surface area contributed by atoms with Crippen molar-refractivity contribution in [2.24, 2.45) is 5.92 Å². The first kappa shape index (κ1) is 33.8. The van der Waals surface area contributed by atoms with Crippen molar-refractivity contribution in [2.75, 3.05) is 16.4 Å². The standard InChI is InChI=1S/C39H36N2O7S/c1-25-34(24-49-35-10-6-5-9-33(35)37(43)44)47-38(48-36(25)27-13-11-26(23-42)12-14-27)28-15-17-29(18-16-28)40-39(45)41-30-19-21-32(22-20-30)46-31-7-3-2-4-8-31/h2-22,25,34,36,38,42H,23-24H2,1H3,(H,43,44)(H2,40,41,45)/t25-,34+,36+,38+/m1/s1. The minimum atomic E-state index is -0.975. The molecule has 4 atom stereocenters. The fourth-order valence-electron chi connectivity index (χ4n) is 5.50. The van der Waals surface area contributed by atoms with Crippen LogP contribution in [0.4, 0.5) is 16.2 Å². The monoisotopic (exact) mass is 676 g/mol. The molecule has 4 N–H and O–H groups in total. The van der Waals surface area contributed by atoms with Crippen LogP contribution in [0.15, 0.2) is 132 Å². The van der Waals surface area contributed by atoms with Crippen LogP contribution in [0, 0.1) is 5.92 Å². The molecule has 0 unspecified atom stereocenters. The van der Waals surface area contributed by atoms with Crippen LogP contribution >= 0.6 is 11.8 Å². The van der Waals surface area contributed by atoms with Gasteiger partial charge in [0.05, 0.1) is 24.4 Å². The van der Waals surface area contributed by atoms with Crippen LogP contribution in [0.1, 0.15) is 46.4 Å². The molecule has 0 aromatic heterocycles. The molecule has 10 heteroatoms. The van der Waals surface area contributed by atoms with Gasteiger partial charge in [-0.2, -0.15) is 0 Å². The highest BCUT2D eigenvalue weighted by atomic mass is 32.2. The molecule has 49 heavy (non-hydrogen) atoms. The summed E-state index contributed by atoms with van der Waals surface area (Å²) in [4.78, 5) is 25.2. The van der Waals surface area contributed by atoms with Crippen molar-refractivity contribution in [2.45, 2.75) is 36.9 Å². The number of benzene rings is 5. The molecule has 0 saturated carbocycles. The van der Waals surface area contributed by atoms with Gasteiger partial charge in [-0.1, -0.05) is 73.7 Å². The molecular weight excluding hydrogens is 641 g/mol. The lowest BCUT2D eigenvalue weighted by Gasteiger charge is -2.41. The summed E-state index contributed by atoms with van der Waals surface area (Å²) in [5, 5.41) is 24.9. The number of carbonyl (C=O) groups excluding carboxylic acids is 1. The SMILES string of the molecule is C[C@@H]1[C@H](CSc2ccccc2C(=O)O)O[C@H](c2ccc(NC(=O)Nc3ccc(Oc4ccccc4)cc3)cc2)O[C@@H]1c1ccc(CO)cc1. The molecule has 0 spiro atoms. The predicted molar refractivity (Wildman–Crippen MR) is 189 cm³/mol. The lowest BCUT2D eigenvalue weighted by Crippen LogP contribution is -2.38. The van der Waals surface area contributed by atoms with E-state index in [1.165, 1.54) is 11.8 Å². The Bertz CT molecular complexity index is 1850. The number of urea groups is 1. The summed E-state index contributed by atoms with van der Waals surface area (Å²) in [7, 11) is 0. The maximum Gasteiger partial charge on any atom is 0.336 e. The zero-order valence-corrected chi connectivity index (χ0v) is 27.5. The number of amides is 2. The summed E-state index contributed by atoms with van der Waals surface area (Å²) in [5.41, 5.74) is 3.97. The highest BCUT2D eigenvalue weighted by Crippen LogP contribution is 2.43. The van der Waals surface area contributed by atoms with Gasteiger partial charge in [-0.05, 0) is 71.8 Å². The van der Waals surface area contributed by atoms with Crippen molar-refractivity contribution in [1.82, 2.24) is 0 Å². The first-order valence-electron chi connectivity index (χ1n) is 15.8. The molecule has 0 bridgehead atoms. The van der Waals surface area contributed by atoms with Crippen molar-refractivity contribution >= 4 is 35.1 Å². The summed E-state index contributed by atoms with van der Waals surface area (Å²) in [6, 6.07) is 38.0. The van der Waals surface area contributed by atoms with Gasteiger partial charge in [0, 0.05) is 33.5 Å². The third kappa shape index (κ3) is 8.67. The molecule has 5 aromatic carbocycles. The van der Waals surface area contributed by atoms with E-state index >= 15 is 0 Å². The van der Waals surface area contributed by atoms with Crippen molar-refractivity contribution in [3.05, 3.63) is 150 Å². The Kier molecular flexibility index (Phi) is 10.9. The van der Waals surface area contributed by atoms with Crippen molar-refractivity contribution in [3.63, 3.8) is 0 Å². The average Bonchev–Trinajstić information content (AvgIpc) is 3.13. The fourth-order valence-corrected chi connectivity index (χ4v) is 6.71. The number of nitrogens with one attached hydrogen (secondary N) is 2. The van der Waals surface area contributed by atoms with Gasteiger partial charge in [0.1, 0.15) is 11.5 Å². The van der Waals surface area contributed by atoms with Gasteiger partial charge >= 0.3 is 12.0 Å². The number of anilines is 2. The molecule has 1 saturated heterocycles. The van der Waals surface area contributed by atoms with Crippen LogP contribution in [0.3, 0.4) is 0 Å². The molecule has 2 amide bonds. The summed E-state index contributed by atoms with van der Waals surface area (Å²) >= 11 is 1.44. The molecule has 6 rings (SSSR count). The quantitative estimate of drug-likeness (QED) is 0.102. The smallest absolute Gasteiger partial charge is 0.336 e. The van der Waals surface area contributed by atoms with Crippen LogP contribution in [-0.2, 0) is 16.1 Å². The number of carboxylic acids is 1. The minimum Gasteiger partial charge on any atom is -0.478 e. The Morgan fingerprint density at radius 2 is 1.33 bits per heavy atom. The highest BCUT2D eigenvalue weighted by Gasteiger charge is 2.38. The third-order valence-corrected chi connectivity index (χ3v) is 9.34. The molecule has 9 nitrogen and oxygen atoms in total. The minimum absolute atomic E-state index is 0.0518. The predicted octanol–water partition coefficient (Wildman–Crippen LogP) is 8.90. The lowest BCUT2D eigenvalue weighted by molar-refractivity contribution is -0.268. The van der Waals surface area contributed by atoms with Crippen molar-refractivity contribution in [1.29, 1.82) is 0 Å². The van der Waals surface area contributed by atoms with Crippen LogP contribution < -0.4 is 15.4 Å². The Labute approximate surface area is 288 Å². The molecule has 1 fully saturated rings. The fraction of sp³-hybridized carbons (Fsp3) is 0.179. The summed E-state index contributed by atoms with van der Waals surface area (Å²) in [6.45, 7) is 2.01. The van der Waals surface area contributed by atoms with E-state index < -0.39 is 18.3 Å². The molecule has 1 aliphatic rings. The lowest BCUT2D eigenvalue weighted by atomic mass is 9.91. The van der Waals surface area contributed by atoms with Gasteiger partial charge in [0.25, 0.3) is 0 Å². The number of hydrogen-bond donors (Lipinski definition) is 4. The number of aromatic carboxylic acids is 1. The van der Waals surface area contributed by atoms with E-state index in [0.29, 0.717) is 27.8 Å². The maximum atomic E-state index is 12.8. The van der Waals surface area contributed by atoms with Gasteiger partial charge < -0.3 is 35.1 Å². The van der Waals surface area contributed by atoms with Crippen molar-refractivity contribution in [3.8, 4) is 11.5 Å². The largest absolute Gasteiger partial charge is 0.478 e. The molecular formula is C39H36N2O7S. The van der Waals surface area contributed by atoms with Gasteiger partial charge in [0.15, 0.2) is 6.29 Å². The number of rotatable bonds is 11. The number of thioether (sulfide) groups is 1. The first-order chi connectivity index (χ1) is 23.9. The number of carboxylic acid groups (broad SMARTS) is 1. The number of ether oxygens (including phenoxy) is 3. The normalized spacial score (nSPS) is 18.7. The zero-order valence-electron chi connectivity index (χ0n) is 26.7. The summed E-state index contributed by atoms with van der Waals surface area (Å²) in [5.74, 6) is 0.855. The number of aliphatic hydroxyl groups is 1. The van der Waals surface area contributed by atoms with Gasteiger partial charge in [-0.25, -0.2) is 9.59 Å². The van der Waals surface area contributed by atoms with Gasteiger partial charge in [0.2, 0.25) is 0 Å². The maximum absolute atomic E-state index is 12.8. The number of para-hydroxylation sites is 1. The number of carbonyl (C=O) groups is 2. The Balaban J connectivity index is 1.12. The second-order valence-electron chi connectivity index (χ2n) is 11.6. The molecule has 1 heterocycles. The Morgan fingerprint density at radius 1 is 0.735 bits per heavy atom. The van der Waals surface area contributed by atoms with Crippen LogP contribution in [0.25, 0.3) is 0 Å².